The zero-order valence-corrected chi connectivity index (χ0v) is 11.5. The molecule has 1 unspecified atom stereocenters. The molecule has 0 saturated carbocycles. The predicted molar refractivity (Wildman–Crippen MR) is 69.4 cm³/mol. The fraction of sp³-hybridized carbons (Fsp3) is 0.769. The van der Waals surface area contributed by atoms with E-state index >= 15 is 0 Å². The largest absolute Gasteiger partial charge is 0.394 e. The summed E-state index contributed by atoms with van der Waals surface area (Å²) < 4.78 is 7.95. The highest BCUT2D eigenvalue weighted by molar-refractivity contribution is 4.89. The molecule has 0 bridgehead atoms. The van der Waals surface area contributed by atoms with Crippen LogP contribution in [0.5, 0.6) is 0 Å². The topological polar surface area (TPSA) is 50.5 Å². The molecule has 1 aromatic heterocycles. The van der Waals surface area contributed by atoms with E-state index < -0.39 is 0 Å². The van der Waals surface area contributed by atoms with Crippen LogP contribution in [0.15, 0.2) is 12.4 Å². The van der Waals surface area contributed by atoms with Gasteiger partial charge in [-0.15, -0.1) is 0 Å². The molecule has 1 aromatic rings. The first-order valence-corrected chi connectivity index (χ1v) is 6.49. The minimum Gasteiger partial charge on any atom is -0.394 e. The van der Waals surface area contributed by atoms with Gasteiger partial charge in [-0.05, 0) is 20.8 Å². The van der Waals surface area contributed by atoms with Crippen molar-refractivity contribution < 1.29 is 9.84 Å². The fourth-order valence-electron chi connectivity index (χ4n) is 2.57. The van der Waals surface area contributed by atoms with E-state index in [2.05, 4.69) is 28.3 Å². The fourth-order valence-corrected chi connectivity index (χ4v) is 2.57. The number of rotatable bonds is 4. The minimum absolute atomic E-state index is 0.0716. The minimum atomic E-state index is -0.185. The van der Waals surface area contributed by atoms with E-state index in [1.54, 1.807) is 0 Å². The van der Waals surface area contributed by atoms with Crippen LogP contribution in [0, 0.1) is 6.92 Å². The molecule has 5 heteroatoms. The highest BCUT2D eigenvalue weighted by Gasteiger charge is 2.32. The van der Waals surface area contributed by atoms with E-state index in [9.17, 15) is 5.11 Å². The molecule has 18 heavy (non-hydrogen) atoms. The van der Waals surface area contributed by atoms with Crippen molar-refractivity contribution in [2.75, 3.05) is 26.2 Å². The Morgan fingerprint density at radius 2 is 2.28 bits per heavy atom. The van der Waals surface area contributed by atoms with Gasteiger partial charge in [0.2, 0.25) is 0 Å². The van der Waals surface area contributed by atoms with Gasteiger partial charge in [0.05, 0.1) is 18.3 Å². The first-order chi connectivity index (χ1) is 8.50. The van der Waals surface area contributed by atoms with Crippen molar-refractivity contribution in [2.24, 2.45) is 0 Å². The SMILES string of the molecule is Cc1nccn1CCN1CC(CO)OC(C)(C)C1. The molecule has 0 spiro atoms. The standard InChI is InChI=1S/C13H23N3O2/c1-11-14-4-5-16(11)7-6-15-8-12(9-17)18-13(2,3)10-15/h4-5,12,17H,6-10H2,1-3H3. The third kappa shape index (κ3) is 3.31. The van der Waals surface area contributed by atoms with E-state index in [0.29, 0.717) is 0 Å². The predicted octanol–water partition coefficient (Wildman–Crippen LogP) is 0.663. The van der Waals surface area contributed by atoms with Gasteiger partial charge >= 0.3 is 0 Å². The maximum Gasteiger partial charge on any atom is 0.105 e. The van der Waals surface area contributed by atoms with Gasteiger partial charge in [0.1, 0.15) is 5.82 Å². The lowest BCUT2D eigenvalue weighted by atomic mass is 10.1. The smallest absolute Gasteiger partial charge is 0.105 e. The van der Waals surface area contributed by atoms with Gasteiger partial charge < -0.3 is 14.4 Å². The summed E-state index contributed by atoms with van der Waals surface area (Å²) in [6, 6.07) is 0. The lowest BCUT2D eigenvalue weighted by molar-refractivity contribution is -0.149. The van der Waals surface area contributed by atoms with Crippen LogP contribution in [0.2, 0.25) is 0 Å². The van der Waals surface area contributed by atoms with Gasteiger partial charge in [0.15, 0.2) is 0 Å². The van der Waals surface area contributed by atoms with Crippen molar-refractivity contribution in [1.29, 1.82) is 0 Å². The number of hydrogen-bond donors (Lipinski definition) is 1. The monoisotopic (exact) mass is 253 g/mol. The van der Waals surface area contributed by atoms with Crippen molar-refractivity contribution in [3.63, 3.8) is 0 Å². The second-order valence-corrected chi connectivity index (χ2v) is 5.59. The van der Waals surface area contributed by atoms with Crippen LogP contribution >= 0.6 is 0 Å². The zero-order chi connectivity index (χ0) is 13.2. The number of aryl methyl sites for hydroxylation is 1. The zero-order valence-electron chi connectivity index (χ0n) is 11.5. The van der Waals surface area contributed by atoms with Gasteiger partial charge in [-0.2, -0.15) is 0 Å². The number of aliphatic hydroxyl groups is 1. The summed E-state index contributed by atoms with van der Waals surface area (Å²) in [5.74, 6) is 1.04. The van der Waals surface area contributed by atoms with Crippen LogP contribution < -0.4 is 0 Å². The van der Waals surface area contributed by atoms with Crippen LogP contribution in [0.1, 0.15) is 19.7 Å². The molecule has 1 saturated heterocycles. The molecule has 1 N–H and O–H groups in total. The number of morpholine rings is 1. The van der Waals surface area contributed by atoms with E-state index in [1.165, 1.54) is 0 Å². The van der Waals surface area contributed by atoms with Gasteiger partial charge in [-0.1, -0.05) is 0 Å². The normalized spacial score (nSPS) is 24.3. The van der Waals surface area contributed by atoms with Crippen molar-refractivity contribution in [3.8, 4) is 0 Å². The number of aliphatic hydroxyl groups excluding tert-OH is 1. The summed E-state index contributed by atoms with van der Waals surface area (Å²) in [7, 11) is 0. The highest BCUT2D eigenvalue weighted by Crippen LogP contribution is 2.20. The quantitative estimate of drug-likeness (QED) is 0.856. The first kappa shape index (κ1) is 13.5. The number of nitrogens with zero attached hydrogens (tertiary/aromatic N) is 3. The molecule has 0 amide bonds. The van der Waals surface area contributed by atoms with Gasteiger partial charge in [0.25, 0.3) is 0 Å². The van der Waals surface area contributed by atoms with Gasteiger partial charge in [-0.3, -0.25) is 4.90 Å². The van der Waals surface area contributed by atoms with Crippen LogP contribution in [0.4, 0.5) is 0 Å². The lowest BCUT2D eigenvalue weighted by Gasteiger charge is -2.42. The number of hydrogen-bond acceptors (Lipinski definition) is 4. The molecule has 2 heterocycles. The summed E-state index contributed by atoms with van der Waals surface area (Å²) >= 11 is 0. The summed E-state index contributed by atoms with van der Waals surface area (Å²) in [6.07, 6.45) is 3.76. The summed E-state index contributed by atoms with van der Waals surface area (Å²) in [4.78, 5) is 6.57. The average Bonchev–Trinajstić information content (AvgIpc) is 2.70. The third-order valence-corrected chi connectivity index (χ3v) is 3.34. The molecule has 1 fully saturated rings. The van der Waals surface area contributed by atoms with Crippen molar-refractivity contribution in [2.45, 2.75) is 39.0 Å². The van der Waals surface area contributed by atoms with E-state index in [-0.39, 0.29) is 18.3 Å². The Morgan fingerprint density at radius 3 is 2.89 bits per heavy atom. The van der Waals surface area contributed by atoms with Crippen LogP contribution in [0.25, 0.3) is 0 Å². The Balaban J connectivity index is 1.90. The first-order valence-electron chi connectivity index (χ1n) is 6.49. The van der Waals surface area contributed by atoms with Gasteiger partial charge in [0, 0.05) is 38.6 Å². The van der Waals surface area contributed by atoms with Crippen LogP contribution in [-0.4, -0.2) is 57.5 Å². The molecular formula is C13H23N3O2. The highest BCUT2D eigenvalue weighted by atomic mass is 16.5. The Kier molecular flexibility index (Phi) is 4.04. The molecule has 0 radical (unpaired) electrons. The number of imidazole rings is 1. The van der Waals surface area contributed by atoms with Crippen molar-refractivity contribution in [3.05, 3.63) is 18.2 Å². The van der Waals surface area contributed by atoms with Crippen molar-refractivity contribution >= 4 is 0 Å². The maximum absolute atomic E-state index is 9.27. The van der Waals surface area contributed by atoms with Crippen LogP contribution in [-0.2, 0) is 11.3 Å². The number of ether oxygens (including phenoxy) is 1. The maximum atomic E-state index is 9.27. The Bertz CT molecular complexity index is 389. The summed E-state index contributed by atoms with van der Waals surface area (Å²) in [6.45, 7) is 9.84. The van der Waals surface area contributed by atoms with E-state index in [1.807, 2.05) is 19.3 Å². The molecule has 1 aliphatic rings. The van der Waals surface area contributed by atoms with E-state index in [4.69, 9.17) is 4.74 Å². The van der Waals surface area contributed by atoms with E-state index in [0.717, 1.165) is 32.0 Å². The Hall–Kier alpha value is -0.910. The molecule has 5 nitrogen and oxygen atoms in total. The molecular weight excluding hydrogens is 230 g/mol. The summed E-state index contributed by atoms with van der Waals surface area (Å²) in [5.41, 5.74) is -0.185. The number of aromatic nitrogens is 2. The average molecular weight is 253 g/mol. The molecule has 0 aromatic carbocycles. The molecule has 0 aliphatic carbocycles. The second kappa shape index (κ2) is 5.38. The Morgan fingerprint density at radius 1 is 1.50 bits per heavy atom. The van der Waals surface area contributed by atoms with Crippen LogP contribution in [0.3, 0.4) is 0 Å². The van der Waals surface area contributed by atoms with Gasteiger partial charge in [-0.25, -0.2) is 4.98 Å². The molecule has 1 aliphatic heterocycles. The third-order valence-electron chi connectivity index (χ3n) is 3.34. The molecule has 102 valence electrons. The summed E-state index contributed by atoms with van der Waals surface area (Å²) in [5, 5.41) is 9.27. The second-order valence-electron chi connectivity index (χ2n) is 5.59. The molecule has 2 rings (SSSR count). The van der Waals surface area contributed by atoms with Crippen molar-refractivity contribution in [1.82, 2.24) is 14.5 Å². The molecule has 1 atom stereocenters. The Labute approximate surface area is 108 Å². The lowest BCUT2D eigenvalue weighted by Crippen LogP contribution is -2.54.